The number of hydrogen-bond acceptors (Lipinski definition) is 3. The molecule has 0 aliphatic heterocycles. The number of nitrogens with two attached hydrogens (primary N) is 1. The van der Waals surface area contributed by atoms with Crippen molar-refractivity contribution < 1.29 is 18.3 Å². The summed E-state index contributed by atoms with van der Waals surface area (Å²) in [7, 11) is 0. The highest BCUT2D eigenvalue weighted by atomic mass is 19.4. The molecule has 1 aromatic rings. The van der Waals surface area contributed by atoms with Crippen molar-refractivity contribution in [2.75, 3.05) is 17.7 Å². The van der Waals surface area contributed by atoms with Gasteiger partial charge in [-0.05, 0) is 25.1 Å². The summed E-state index contributed by atoms with van der Waals surface area (Å²) >= 11 is 0. The average molecular weight is 234 g/mol. The standard InChI is InChI=1S/C10H13F3N2O/c1-6(5-16)15-9-3-2-7(4-8(9)14)10(11,12)13/h2-4,6,15-16H,5,14H2,1H3/t6-/m1/s1. The van der Waals surface area contributed by atoms with Gasteiger partial charge in [0.25, 0.3) is 0 Å². The van der Waals surface area contributed by atoms with Gasteiger partial charge in [-0.2, -0.15) is 13.2 Å². The van der Waals surface area contributed by atoms with E-state index in [0.717, 1.165) is 12.1 Å². The summed E-state index contributed by atoms with van der Waals surface area (Å²) in [4.78, 5) is 0. The van der Waals surface area contributed by atoms with Gasteiger partial charge >= 0.3 is 6.18 Å². The lowest BCUT2D eigenvalue weighted by Gasteiger charge is -2.15. The molecular formula is C10H13F3N2O. The van der Waals surface area contributed by atoms with Crippen LogP contribution in [0.2, 0.25) is 0 Å². The van der Waals surface area contributed by atoms with Crippen molar-refractivity contribution in [1.82, 2.24) is 0 Å². The number of hydrogen-bond donors (Lipinski definition) is 3. The number of alkyl halides is 3. The molecule has 3 nitrogen and oxygen atoms in total. The van der Waals surface area contributed by atoms with E-state index in [4.69, 9.17) is 10.8 Å². The van der Waals surface area contributed by atoms with E-state index in [1.165, 1.54) is 6.07 Å². The average Bonchev–Trinajstić information content (AvgIpc) is 2.19. The highest BCUT2D eigenvalue weighted by Gasteiger charge is 2.30. The van der Waals surface area contributed by atoms with Crippen LogP contribution in [0, 0.1) is 0 Å². The van der Waals surface area contributed by atoms with E-state index in [1.54, 1.807) is 6.92 Å². The maximum Gasteiger partial charge on any atom is 0.416 e. The second kappa shape index (κ2) is 4.61. The second-order valence-corrected chi connectivity index (χ2v) is 3.53. The minimum Gasteiger partial charge on any atom is -0.397 e. The van der Waals surface area contributed by atoms with Crippen LogP contribution in [0.3, 0.4) is 0 Å². The Morgan fingerprint density at radius 1 is 1.44 bits per heavy atom. The van der Waals surface area contributed by atoms with E-state index < -0.39 is 11.7 Å². The third-order valence-corrected chi connectivity index (χ3v) is 2.05. The molecule has 0 saturated heterocycles. The van der Waals surface area contributed by atoms with Crippen LogP contribution in [-0.4, -0.2) is 17.8 Å². The second-order valence-electron chi connectivity index (χ2n) is 3.53. The summed E-state index contributed by atoms with van der Waals surface area (Å²) in [6.07, 6.45) is -4.39. The Balaban J connectivity index is 2.92. The lowest BCUT2D eigenvalue weighted by Crippen LogP contribution is -2.20. The van der Waals surface area contributed by atoms with Crippen LogP contribution in [-0.2, 0) is 6.18 Å². The van der Waals surface area contributed by atoms with E-state index >= 15 is 0 Å². The van der Waals surface area contributed by atoms with Gasteiger partial charge < -0.3 is 16.2 Å². The first kappa shape index (κ1) is 12.6. The molecule has 6 heteroatoms. The summed E-state index contributed by atoms with van der Waals surface area (Å²) in [5, 5.41) is 11.6. The first-order chi connectivity index (χ1) is 7.34. The maximum atomic E-state index is 12.3. The zero-order chi connectivity index (χ0) is 12.3. The van der Waals surface area contributed by atoms with Crippen LogP contribution >= 0.6 is 0 Å². The van der Waals surface area contributed by atoms with Gasteiger partial charge in [-0.25, -0.2) is 0 Å². The molecule has 0 spiro atoms. The first-order valence-corrected chi connectivity index (χ1v) is 4.68. The molecule has 0 unspecified atom stereocenters. The van der Waals surface area contributed by atoms with Crippen molar-refractivity contribution in [2.45, 2.75) is 19.1 Å². The predicted octanol–water partition coefficient (Wildman–Crippen LogP) is 2.08. The van der Waals surface area contributed by atoms with Gasteiger partial charge in [0.1, 0.15) is 0 Å². The highest BCUT2D eigenvalue weighted by molar-refractivity contribution is 5.67. The number of nitrogen functional groups attached to an aromatic ring is 1. The molecule has 1 rings (SSSR count). The van der Waals surface area contributed by atoms with Crippen LogP contribution in [0.15, 0.2) is 18.2 Å². The fourth-order valence-corrected chi connectivity index (χ4v) is 1.18. The summed E-state index contributed by atoms with van der Waals surface area (Å²) in [5.41, 5.74) is 5.09. The summed E-state index contributed by atoms with van der Waals surface area (Å²) in [6, 6.07) is 2.80. The largest absolute Gasteiger partial charge is 0.416 e. The zero-order valence-electron chi connectivity index (χ0n) is 8.67. The quantitative estimate of drug-likeness (QED) is 0.702. The Labute approximate surface area is 91.1 Å². The summed E-state index contributed by atoms with van der Waals surface area (Å²) < 4.78 is 36.9. The number of aliphatic hydroxyl groups is 1. The van der Waals surface area contributed by atoms with Crippen molar-refractivity contribution in [3.05, 3.63) is 23.8 Å². The fourth-order valence-electron chi connectivity index (χ4n) is 1.18. The van der Waals surface area contributed by atoms with E-state index in [2.05, 4.69) is 5.32 Å². The molecule has 0 fully saturated rings. The van der Waals surface area contributed by atoms with Crippen LogP contribution in [0.1, 0.15) is 12.5 Å². The Morgan fingerprint density at radius 2 is 2.06 bits per heavy atom. The number of aliphatic hydroxyl groups excluding tert-OH is 1. The third-order valence-electron chi connectivity index (χ3n) is 2.05. The molecular weight excluding hydrogens is 221 g/mol. The van der Waals surface area contributed by atoms with Gasteiger partial charge in [-0.1, -0.05) is 0 Å². The SMILES string of the molecule is C[C@H](CO)Nc1ccc(C(F)(F)F)cc1N. The van der Waals surface area contributed by atoms with Crippen LogP contribution in [0.5, 0.6) is 0 Å². The molecule has 0 heterocycles. The number of anilines is 2. The summed E-state index contributed by atoms with van der Waals surface area (Å²) in [6.45, 7) is 1.57. The van der Waals surface area contributed by atoms with Gasteiger partial charge in [0.2, 0.25) is 0 Å². The minimum absolute atomic E-state index is 0.00938. The van der Waals surface area contributed by atoms with Crippen molar-refractivity contribution in [3.8, 4) is 0 Å². The Hall–Kier alpha value is -1.43. The Morgan fingerprint density at radius 3 is 2.50 bits per heavy atom. The van der Waals surface area contributed by atoms with Crippen molar-refractivity contribution in [2.24, 2.45) is 0 Å². The zero-order valence-corrected chi connectivity index (χ0v) is 8.67. The van der Waals surface area contributed by atoms with Gasteiger partial charge in [-0.3, -0.25) is 0 Å². The van der Waals surface area contributed by atoms with E-state index in [0.29, 0.717) is 5.69 Å². The Bertz CT molecular complexity index is 366. The van der Waals surface area contributed by atoms with Gasteiger partial charge in [0.05, 0.1) is 23.5 Å². The number of benzene rings is 1. The number of nitrogens with one attached hydrogen (secondary N) is 1. The van der Waals surface area contributed by atoms with Gasteiger partial charge in [0.15, 0.2) is 0 Å². The molecule has 0 bridgehead atoms. The van der Waals surface area contributed by atoms with Gasteiger partial charge in [-0.15, -0.1) is 0 Å². The lowest BCUT2D eigenvalue weighted by atomic mass is 10.1. The van der Waals surface area contributed by atoms with E-state index in [-0.39, 0.29) is 18.3 Å². The third kappa shape index (κ3) is 3.03. The normalized spacial score (nSPS) is 13.6. The van der Waals surface area contributed by atoms with E-state index in [1.807, 2.05) is 0 Å². The number of rotatable bonds is 3. The highest BCUT2D eigenvalue weighted by Crippen LogP contribution is 2.32. The summed E-state index contributed by atoms with van der Waals surface area (Å²) in [5.74, 6) is 0. The molecule has 0 aromatic heterocycles. The first-order valence-electron chi connectivity index (χ1n) is 4.68. The van der Waals surface area contributed by atoms with Crippen LogP contribution in [0.25, 0.3) is 0 Å². The molecule has 1 aromatic carbocycles. The molecule has 0 aliphatic carbocycles. The molecule has 0 saturated carbocycles. The van der Waals surface area contributed by atoms with Crippen molar-refractivity contribution in [3.63, 3.8) is 0 Å². The molecule has 16 heavy (non-hydrogen) atoms. The topological polar surface area (TPSA) is 58.3 Å². The minimum atomic E-state index is -4.39. The predicted molar refractivity (Wildman–Crippen MR) is 56.0 cm³/mol. The van der Waals surface area contributed by atoms with Crippen molar-refractivity contribution in [1.29, 1.82) is 0 Å². The molecule has 4 N–H and O–H groups in total. The maximum absolute atomic E-state index is 12.3. The molecule has 1 atom stereocenters. The molecule has 90 valence electrons. The lowest BCUT2D eigenvalue weighted by molar-refractivity contribution is -0.137. The van der Waals surface area contributed by atoms with E-state index in [9.17, 15) is 13.2 Å². The fraction of sp³-hybridized carbons (Fsp3) is 0.400. The monoisotopic (exact) mass is 234 g/mol. The van der Waals surface area contributed by atoms with Gasteiger partial charge in [0, 0.05) is 6.04 Å². The number of halogens is 3. The Kier molecular flexibility index (Phi) is 3.64. The van der Waals surface area contributed by atoms with Crippen LogP contribution in [0.4, 0.5) is 24.5 Å². The molecule has 0 amide bonds. The van der Waals surface area contributed by atoms with Crippen molar-refractivity contribution >= 4 is 11.4 Å². The molecule has 0 radical (unpaired) electrons. The smallest absolute Gasteiger partial charge is 0.397 e. The molecule has 0 aliphatic rings. The van der Waals surface area contributed by atoms with Crippen LogP contribution < -0.4 is 11.1 Å².